The molecule has 1 aromatic carbocycles. The fourth-order valence-corrected chi connectivity index (χ4v) is 3.49. The zero-order chi connectivity index (χ0) is 13.3. The number of hydrogen-bond acceptors (Lipinski definition) is 1. The second kappa shape index (κ2) is 5.30. The molecule has 0 amide bonds. The van der Waals surface area contributed by atoms with Gasteiger partial charge in [0.05, 0.1) is 0 Å². The maximum atomic E-state index is 13.8. The Balaban J connectivity index is 2.23. The summed E-state index contributed by atoms with van der Waals surface area (Å²) in [5.74, 6) is 0.914. The van der Waals surface area contributed by atoms with Gasteiger partial charge >= 0.3 is 0 Å². The van der Waals surface area contributed by atoms with E-state index < -0.39 is 0 Å². The van der Waals surface area contributed by atoms with Gasteiger partial charge in [-0.05, 0) is 48.4 Å². The van der Waals surface area contributed by atoms with Crippen LogP contribution in [0.4, 0.5) is 4.39 Å². The predicted molar refractivity (Wildman–Crippen MR) is 76.9 cm³/mol. The van der Waals surface area contributed by atoms with Crippen molar-refractivity contribution in [3.63, 3.8) is 0 Å². The molecule has 100 valence electrons. The van der Waals surface area contributed by atoms with Crippen LogP contribution in [0.5, 0.6) is 0 Å². The lowest BCUT2D eigenvalue weighted by molar-refractivity contribution is 0.142. The molecule has 0 spiro atoms. The van der Waals surface area contributed by atoms with Crippen molar-refractivity contribution in [1.29, 1.82) is 0 Å². The first-order chi connectivity index (χ1) is 8.42. The summed E-state index contributed by atoms with van der Waals surface area (Å²) in [6.45, 7) is 4.46. The van der Waals surface area contributed by atoms with Crippen LogP contribution in [-0.2, 0) is 6.42 Å². The molecule has 1 fully saturated rings. The van der Waals surface area contributed by atoms with Crippen LogP contribution in [0, 0.1) is 17.7 Å². The molecule has 1 aliphatic rings. The van der Waals surface area contributed by atoms with Crippen molar-refractivity contribution in [3.8, 4) is 0 Å². The summed E-state index contributed by atoms with van der Waals surface area (Å²) in [5, 5.41) is 0. The molecule has 3 heteroatoms. The van der Waals surface area contributed by atoms with Crippen molar-refractivity contribution >= 4 is 15.9 Å². The molecule has 1 aromatic rings. The summed E-state index contributed by atoms with van der Waals surface area (Å²) in [4.78, 5) is 0. The Bertz CT molecular complexity index is 435. The number of benzene rings is 1. The lowest BCUT2D eigenvalue weighted by Crippen LogP contribution is -2.52. The van der Waals surface area contributed by atoms with E-state index in [-0.39, 0.29) is 11.4 Å². The summed E-state index contributed by atoms with van der Waals surface area (Å²) in [7, 11) is 0. The minimum Gasteiger partial charge on any atom is -0.325 e. The number of nitrogens with two attached hydrogens (primary N) is 1. The molecule has 18 heavy (non-hydrogen) atoms. The van der Waals surface area contributed by atoms with Crippen LogP contribution in [0.2, 0.25) is 0 Å². The van der Waals surface area contributed by atoms with Crippen molar-refractivity contribution in [3.05, 3.63) is 34.1 Å². The normalized spacial score (nSPS) is 32.5. The van der Waals surface area contributed by atoms with E-state index >= 15 is 0 Å². The first kappa shape index (κ1) is 14.0. The van der Waals surface area contributed by atoms with E-state index in [1.165, 1.54) is 12.5 Å². The minimum absolute atomic E-state index is 0.145. The summed E-state index contributed by atoms with van der Waals surface area (Å²) in [6.07, 6.45) is 4.01. The molecule has 2 N–H and O–H groups in total. The lowest BCUT2D eigenvalue weighted by atomic mass is 9.66. The standard InChI is InChI=1S/C15H21BrFN/c1-10-4-3-7-15(18,11(10)2)9-12-8-13(16)5-6-14(12)17/h5-6,8,10-11H,3-4,7,9,18H2,1-2H3. The molecule has 0 aliphatic heterocycles. The molecule has 0 radical (unpaired) electrons. The highest BCUT2D eigenvalue weighted by atomic mass is 79.9. The van der Waals surface area contributed by atoms with Gasteiger partial charge in [-0.2, -0.15) is 0 Å². The Morgan fingerprint density at radius 1 is 1.44 bits per heavy atom. The summed E-state index contributed by atoms with van der Waals surface area (Å²) < 4.78 is 14.8. The molecule has 0 saturated heterocycles. The van der Waals surface area contributed by atoms with Gasteiger partial charge in [-0.1, -0.05) is 42.6 Å². The molecule has 1 saturated carbocycles. The van der Waals surface area contributed by atoms with Gasteiger partial charge in [-0.15, -0.1) is 0 Å². The molecule has 3 unspecified atom stereocenters. The number of rotatable bonds is 2. The Morgan fingerprint density at radius 2 is 2.17 bits per heavy atom. The molecular formula is C15H21BrFN. The van der Waals surface area contributed by atoms with E-state index in [0.29, 0.717) is 18.3 Å². The van der Waals surface area contributed by atoms with Gasteiger partial charge in [-0.3, -0.25) is 0 Å². The summed E-state index contributed by atoms with van der Waals surface area (Å²) in [5.41, 5.74) is 7.03. The number of halogens is 2. The molecular weight excluding hydrogens is 293 g/mol. The topological polar surface area (TPSA) is 26.0 Å². The van der Waals surface area contributed by atoms with Gasteiger partial charge in [0.15, 0.2) is 0 Å². The molecule has 1 aliphatic carbocycles. The Hall–Kier alpha value is -0.410. The fraction of sp³-hybridized carbons (Fsp3) is 0.600. The zero-order valence-electron chi connectivity index (χ0n) is 11.0. The van der Waals surface area contributed by atoms with Crippen molar-refractivity contribution in [2.45, 2.75) is 45.1 Å². The van der Waals surface area contributed by atoms with Crippen LogP contribution < -0.4 is 5.73 Å². The van der Waals surface area contributed by atoms with Crippen LogP contribution in [0.25, 0.3) is 0 Å². The predicted octanol–water partition coefficient (Wildman–Crippen LogP) is 4.28. The molecule has 0 heterocycles. The van der Waals surface area contributed by atoms with Crippen LogP contribution in [0.1, 0.15) is 38.7 Å². The largest absolute Gasteiger partial charge is 0.325 e. The van der Waals surface area contributed by atoms with Gasteiger partial charge in [-0.25, -0.2) is 4.39 Å². The maximum Gasteiger partial charge on any atom is 0.126 e. The highest BCUT2D eigenvalue weighted by Crippen LogP contribution is 2.38. The van der Waals surface area contributed by atoms with Gasteiger partial charge in [0.1, 0.15) is 5.82 Å². The summed E-state index contributed by atoms with van der Waals surface area (Å²) in [6, 6.07) is 5.10. The van der Waals surface area contributed by atoms with E-state index in [2.05, 4.69) is 29.8 Å². The first-order valence-electron chi connectivity index (χ1n) is 6.65. The Labute approximate surface area is 117 Å². The van der Waals surface area contributed by atoms with Gasteiger partial charge < -0.3 is 5.73 Å². The second-order valence-corrected chi connectivity index (χ2v) is 6.72. The molecule has 1 nitrogen and oxygen atoms in total. The van der Waals surface area contributed by atoms with Crippen molar-refractivity contribution in [2.75, 3.05) is 0 Å². The quantitative estimate of drug-likeness (QED) is 0.866. The minimum atomic E-state index is -0.265. The van der Waals surface area contributed by atoms with E-state index in [1.807, 2.05) is 6.07 Å². The fourth-order valence-electron chi connectivity index (χ4n) is 3.08. The van der Waals surface area contributed by atoms with Crippen molar-refractivity contribution < 1.29 is 4.39 Å². The van der Waals surface area contributed by atoms with Crippen LogP contribution in [-0.4, -0.2) is 5.54 Å². The van der Waals surface area contributed by atoms with E-state index in [1.54, 1.807) is 6.07 Å². The van der Waals surface area contributed by atoms with Crippen molar-refractivity contribution in [1.82, 2.24) is 0 Å². The van der Waals surface area contributed by atoms with E-state index in [9.17, 15) is 4.39 Å². The maximum absolute atomic E-state index is 13.8. The average molecular weight is 314 g/mol. The third-order valence-corrected chi connectivity index (χ3v) is 5.08. The highest BCUT2D eigenvalue weighted by Gasteiger charge is 2.38. The van der Waals surface area contributed by atoms with Crippen LogP contribution in [0.3, 0.4) is 0 Å². The highest BCUT2D eigenvalue weighted by molar-refractivity contribution is 9.10. The smallest absolute Gasteiger partial charge is 0.126 e. The van der Waals surface area contributed by atoms with Crippen LogP contribution in [0.15, 0.2) is 22.7 Å². The van der Waals surface area contributed by atoms with E-state index in [4.69, 9.17) is 5.73 Å². The van der Waals surface area contributed by atoms with Gasteiger partial charge in [0.2, 0.25) is 0 Å². The zero-order valence-corrected chi connectivity index (χ0v) is 12.6. The van der Waals surface area contributed by atoms with Gasteiger partial charge in [0.25, 0.3) is 0 Å². The van der Waals surface area contributed by atoms with Crippen molar-refractivity contribution in [2.24, 2.45) is 17.6 Å². The molecule has 0 bridgehead atoms. The van der Waals surface area contributed by atoms with Crippen LogP contribution >= 0.6 is 15.9 Å². The number of hydrogen-bond donors (Lipinski definition) is 1. The van der Waals surface area contributed by atoms with E-state index in [0.717, 1.165) is 22.9 Å². The molecule has 0 aromatic heterocycles. The monoisotopic (exact) mass is 313 g/mol. The lowest BCUT2D eigenvalue weighted by Gasteiger charge is -2.43. The third-order valence-electron chi connectivity index (χ3n) is 4.59. The third kappa shape index (κ3) is 2.77. The second-order valence-electron chi connectivity index (χ2n) is 5.80. The molecule has 3 atom stereocenters. The Kier molecular flexibility index (Phi) is 4.12. The SMILES string of the molecule is CC1CCCC(N)(Cc2cc(Br)ccc2F)C1C. The first-order valence-corrected chi connectivity index (χ1v) is 7.44. The molecule has 2 rings (SSSR count). The Morgan fingerprint density at radius 3 is 2.89 bits per heavy atom. The van der Waals surface area contributed by atoms with Gasteiger partial charge in [0, 0.05) is 10.0 Å². The average Bonchev–Trinajstić information content (AvgIpc) is 2.31. The summed E-state index contributed by atoms with van der Waals surface area (Å²) >= 11 is 3.40.